The summed E-state index contributed by atoms with van der Waals surface area (Å²) in [6.45, 7) is 4.77. The first-order chi connectivity index (χ1) is 44.4. The molecule has 0 atom stereocenters. The summed E-state index contributed by atoms with van der Waals surface area (Å²) in [6, 6.07) is 100. The number of fused-ring (bicyclic) bond motifs is 24. The van der Waals surface area contributed by atoms with Gasteiger partial charge in [-0.2, -0.15) is 0 Å². The summed E-state index contributed by atoms with van der Waals surface area (Å²) in [5, 5.41) is 21.1. The van der Waals surface area contributed by atoms with Crippen LogP contribution in [0.25, 0.3) is 181 Å². The van der Waals surface area contributed by atoms with Gasteiger partial charge in [0.2, 0.25) is 0 Å². The number of nitrogens with zero attached hydrogens (tertiary/aromatic N) is 2. The summed E-state index contributed by atoms with van der Waals surface area (Å²) in [4.78, 5) is 0. The maximum Gasteiger partial charge on any atom is 0.143 e. The first-order valence-corrected chi connectivity index (χ1v) is 31.7. The van der Waals surface area contributed by atoms with E-state index in [1.807, 2.05) is 0 Å². The molecule has 420 valence electrons. The van der Waals surface area contributed by atoms with Crippen LogP contribution in [0.3, 0.4) is 0 Å². The second kappa shape index (κ2) is 18.4. The highest BCUT2D eigenvalue weighted by atomic mass is 16.3. The molecule has 0 fully saturated rings. The van der Waals surface area contributed by atoms with E-state index in [9.17, 15) is 0 Å². The summed E-state index contributed by atoms with van der Waals surface area (Å²) in [7, 11) is 0. The molecule has 0 N–H and O–H groups in total. The molecule has 18 aromatic rings. The third kappa shape index (κ3) is 6.95. The number of rotatable bonds is 5. The number of aromatic nitrogens is 2. The zero-order valence-electron chi connectivity index (χ0n) is 49.8. The van der Waals surface area contributed by atoms with Crippen LogP contribution in [0.1, 0.15) is 42.7 Å². The predicted octanol–water partition coefficient (Wildman–Crippen LogP) is 23.8. The lowest BCUT2D eigenvalue weighted by molar-refractivity contribution is 0.661. The summed E-state index contributed by atoms with van der Waals surface area (Å²) in [5.41, 5.74) is 22.8. The van der Waals surface area contributed by atoms with Crippen LogP contribution >= 0.6 is 0 Å². The summed E-state index contributed by atoms with van der Waals surface area (Å²) < 4.78 is 12.2. The minimum atomic E-state index is -0.0884. The van der Waals surface area contributed by atoms with Gasteiger partial charge in [0, 0.05) is 66.6 Å². The van der Waals surface area contributed by atoms with Crippen LogP contribution < -0.4 is 0 Å². The van der Waals surface area contributed by atoms with Crippen molar-refractivity contribution in [2.24, 2.45) is 0 Å². The number of para-hydroxylation sites is 2. The van der Waals surface area contributed by atoms with Crippen LogP contribution in [0.5, 0.6) is 0 Å². The van der Waals surface area contributed by atoms with Crippen molar-refractivity contribution in [1.82, 2.24) is 9.13 Å². The minimum Gasteiger partial charge on any atom is -0.455 e. The Balaban J connectivity index is 0.700. The number of hydrogen-bond acceptors (Lipinski definition) is 1. The van der Waals surface area contributed by atoms with E-state index < -0.39 is 0 Å². The second-order valence-corrected chi connectivity index (χ2v) is 25.7. The molecule has 0 bridgehead atoms. The van der Waals surface area contributed by atoms with Crippen molar-refractivity contribution in [3.63, 3.8) is 0 Å². The fraction of sp³-hybridized carbons (Fsp3) is 0.0575. The molecule has 0 radical (unpaired) electrons. The normalized spacial score (nSPS) is 13.6. The Kier molecular flexibility index (Phi) is 10.2. The number of furan rings is 1. The molecule has 2 aliphatic rings. The van der Waals surface area contributed by atoms with Crippen molar-refractivity contribution in [2.75, 3.05) is 0 Å². The Labute approximate surface area is 519 Å². The average molecular weight is 1150 g/mol. The van der Waals surface area contributed by atoms with Gasteiger partial charge in [0.1, 0.15) is 11.2 Å². The van der Waals surface area contributed by atoms with Crippen LogP contribution in [0, 0.1) is 0 Å². The van der Waals surface area contributed by atoms with Crippen LogP contribution in [0.4, 0.5) is 0 Å². The van der Waals surface area contributed by atoms with Crippen molar-refractivity contribution < 1.29 is 4.42 Å². The van der Waals surface area contributed by atoms with Gasteiger partial charge in [-0.15, -0.1) is 0 Å². The third-order valence-electron chi connectivity index (χ3n) is 20.7. The van der Waals surface area contributed by atoms with Crippen LogP contribution in [-0.4, -0.2) is 9.13 Å². The minimum absolute atomic E-state index is 0.0884. The van der Waals surface area contributed by atoms with E-state index >= 15 is 0 Å². The molecular formula is C87H56N2O. The number of benzene rings is 15. The van der Waals surface area contributed by atoms with E-state index in [-0.39, 0.29) is 5.41 Å². The zero-order chi connectivity index (χ0) is 59.1. The first-order valence-electron chi connectivity index (χ1n) is 31.7. The van der Waals surface area contributed by atoms with Gasteiger partial charge in [0.05, 0.1) is 16.6 Å². The number of hydrogen-bond donors (Lipinski definition) is 0. The molecule has 0 saturated heterocycles. The van der Waals surface area contributed by atoms with Crippen molar-refractivity contribution >= 4 is 125 Å². The highest BCUT2D eigenvalue weighted by Gasteiger charge is 2.37. The topological polar surface area (TPSA) is 23.0 Å². The maximum absolute atomic E-state index is 7.18. The summed E-state index contributed by atoms with van der Waals surface area (Å²) >= 11 is 0. The van der Waals surface area contributed by atoms with Crippen LogP contribution in [0.15, 0.2) is 277 Å². The highest BCUT2D eigenvalue weighted by molar-refractivity contribution is 6.28. The Bertz CT molecular complexity index is 6220. The van der Waals surface area contributed by atoms with Crippen molar-refractivity contribution in [2.45, 2.75) is 32.1 Å². The third-order valence-corrected chi connectivity index (χ3v) is 20.7. The van der Waals surface area contributed by atoms with Crippen molar-refractivity contribution in [3.05, 3.63) is 295 Å². The van der Waals surface area contributed by atoms with Gasteiger partial charge in [-0.3, -0.25) is 0 Å². The second-order valence-electron chi connectivity index (χ2n) is 25.7. The fourth-order valence-corrected chi connectivity index (χ4v) is 16.5. The van der Waals surface area contributed by atoms with Gasteiger partial charge in [0.15, 0.2) is 0 Å². The lowest BCUT2D eigenvalue weighted by atomic mass is 9.82. The monoisotopic (exact) mass is 1140 g/mol. The van der Waals surface area contributed by atoms with Crippen molar-refractivity contribution in [1.29, 1.82) is 0 Å². The molecular weight excluding hydrogens is 1090 g/mol. The molecule has 0 saturated carbocycles. The molecule has 0 unspecified atom stereocenters. The van der Waals surface area contributed by atoms with Crippen molar-refractivity contribution in [3.8, 4) is 55.9 Å². The SMILES string of the molecule is CC1(C)c2ccccc2-c2cc3c4c(n(-c5cccc(-c6ccc7c(c6)c6ccccc6c6ccc(-c8cccc9c8oc8cc%10c(cc89)c8ccccc8n%10-c8cccc(-c9ccc%10c%11ccccc%11c%11ccccc%11c%10c9)c8)cc67)c5)c3cc21)CCC=C4. The molecule has 0 spiro atoms. The molecule has 2 aliphatic carbocycles. The summed E-state index contributed by atoms with van der Waals surface area (Å²) in [5.74, 6) is 0. The van der Waals surface area contributed by atoms with Gasteiger partial charge in [-0.25, -0.2) is 0 Å². The lowest BCUT2D eigenvalue weighted by Gasteiger charge is -2.22. The largest absolute Gasteiger partial charge is 0.455 e. The zero-order valence-corrected chi connectivity index (χ0v) is 49.8. The Morgan fingerprint density at radius 3 is 1.48 bits per heavy atom. The molecule has 15 aromatic carbocycles. The smallest absolute Gasteiger partial charge is 0.143 e. The Morgan fingerprint density at radius 2 is 0.811 bits per heavy atom. The molecule has 20 rings (SSSR count). The standard InChI is InChI=1S/C87H56N2O/c1-87(2)79-33-12-9-28-68(79)75-47-76-69-29-10-13-34-81(69)88(83(76)49-80(75)87)56-20-15-18-51(42-56)54-37-40-67-73(45-54)64-27-8-6-25-62(64)66-41-38-55(46-74(66)67)58-31-17-32-71-78-48-77-70-30-11-14-35-82(70)89(84(77)50-85(78)90-86(58)71)57-21-16-19-52(43-57)53-36-39-65-61-24-4-3-22-59(61)60-23-5-7-26-63(60)72(65)44-53/h3-12,14-33,35-50H,13,34H2,1-2H3. The molecule has 0 aliphatic heterocycles. The molecule has 3 nitrogen and oxygen atoms in total. The summed E-state index contributed by atoms with van der Waals surface area (Å²) in [6.07, 6.45) is 6.77. The van der Waals surface area contributed by atoms with Gasteiger partial charge >= 0.3 is 0 Å². The van der Waals surface area contributed by atoms with E-state index in [2.05, 4.69) is 302 Å². The van der Waals surface area contributed by atoms with E-state index in [0.29, 0.717) is 0 Å². The Hall–Kier alpha value is -11.3. The van der Waals surface area contributed by atoms with Gasteiger partial charge in [0.25, 0.3) is 0 Å². The predicted molar refractivity (Wildman–Crippen MR) is 381 cm³/mol. The molecule has 3 heteroatoms. The highest BCUT2D eigenvalue weighted by Crippen LogP contribution is 2.52. The van der Waals surface area contributed by atoms with Gasteiger partial charge in [-0.05, 0) is 194 Å². The molecule has 3 aromatic heterocycles. The fourth-order valence-electron chi connectivity index (χ4n) is 16.5. The Morgan fingerprint density at radius 1 is 0.311 bits per heavy atom. The van der Waals surface area contributed by atoms with Gasteiger partial charge < -0.3 is 13.6 Å². The van der Waals surface area contributed by atoms with E-state index in [1.54, 1.807) is 0 Å². The molecule has 90 heavy (non-hydrogen) atoms. The van der Waals surface area contributed by atoms with Crippen LogP contribution in [-0.2, 0) is 11.8 Å². The first kappa shape index (κ1) is 49.8. The molecule has 0 amide bonds. The quantitative estimate of drug-likeness (QED) is 0.158. The van der Waals surface area contributed by atoms with E-state index in [1.165, 1.54) is 148 Å². The lowest BCUT2D eigenvalue weighted by Crippen LogP contribution is -2.15. The van der Waals surface area contributed by atoms with Gasteiger partial charge in [-0.1, -0.05) is 220 Å². The van der Waals surface area contributed by atoms with E-state index in [4.69, 9.17) is 4.42 Å². The van der Waals surface area contributed by atoms with E-state index in [0.717, 1.165) is 62.6 Å². The number of allylic oxidation sites excluding steroid dienone is 1. The maximum atomic E-state index is 7.18. The average Bonchev–Trinajstić information content (AvgIpc) is 1.47. The molecule has 3 heterocycles. The van der Waals surface area contributed by atoms with Crippen LogP contribution in [0.2, 0.25) is 0 Å².